The molecule has 0 radical (unpaired) electrons. The number of hydrogen-bond acceptors (Lipinski definition) is 3. The molecule has 0 aliphatic carbocycles. The summed E-state index contributed by atoms with van der Waals surface area (Å²) < 4.78 is 5.02. The minimum atomic E-state index is -0.815. The Hall–Kier alpha value is -1.84. The number of rotatable bonds is 5. The minimum Gasteiger partial charge on any atom is -0.481 e. The van der Waals surface area contributed by atoms with Gasteiger partial charge in [0, 0.05) is 13.3 Å². The number of benzene rings is 1. The van der Waals surface area contributed by atoms with Crippen LogP contribution in [0.1, 0.15) is 25.3 Å². The predicted octanol–water partition coefficient (Wildman–Crippen LogP) is 2.02. The Morgan fingerprint density at radius 2 is 2.00 bits per heavy atom. The third kappa shape index (κ3) is 4.13. The van der Waals surface area contributed by atoms with E-state index in [2.05, 4.69) is 0 Å². The van der Waals surface area contributed by atoms with Crippen molar-refractivity contribution in [1.82, 2.24) is 0 Å². The summed E-state index contributed by atoms with van der Waals surface area (Å²) in [5, 5.41) is 8.52. The molecule has 0 aromatic heterocycles. The standard InChI is InChI=1S/C12H14O4/c1-9(13)16-11-7-3-2-5-10(11)6-4-8-12(14)15/h2-3,5,7H,4,6,8H2,1H3,(H,14,15). The van der Waals surface area contributed by atoms with Crippen LogP contribution < -0.4 is 4.74 Å². The number of aryl methyl sites for hydroxylation is 1. The van der Waals surface area contributed by atoms with Crippen LogP contribution in [0.5, 0.6) is 5.75 Å². The fraction of sp³-hybridized carbons (Fsp3) is 0.333. The molecule has 0 unspecified atom stereocenters. The number of carbonyl (C=O) groups excluding carboxylic acids is 1. The fourth-order valence-electron chi connectivity index (χ4n) is 1.39. The number of ether oxygens (including phenoxy) is 1. The Morgan fingerprint density at radius 1 is 1.31 bits per heavy atom. The van der Waals surface area contributed by atoms with Crippen molar-refractivity contribution in [2.75, 3.05) is 0 Å². The fourth-order valence-corrected chi connectivity index (χ4v) is 1.39. The summed E-state index contributed by atoms with van der Waals surface area (Å²) in [5.74, 6) is -0.670. The van der Waals surface area contributed by atoms with Crippen LogP contribution in [0.15, 0.2) is 24.3 Å². The van der Waals surface area contributed by atoms with E-state index in [0.29, 0.717) is 18.6 Å². The Balaban J connectivity index is 2.63. The van der Waals surface area contributed by atoms with Gasteiger partial charge >= 0.3 is 11.9 Å². The Kier molecular flexibility index (Phi) is 4.51. The minimum absolute atomic E-state index is 0.119. The number of carboxylic acid groups (broad SMARTS) is 1. The molecule has 1 rings (SSSR count). The first-order chi connectivity index (χ1) is 7.59. The molecule has 0 amide bonds. The lowest BCUT2D eigenvalue weighted by Gasteiger charge is -2.07. The van der Waals surface area contributed by atoms with Crippen molar-refractivity contribution < 1.29 is 19.4 Å². The van der Waals surface area contributed by atoms with Crippen molar-refractivity contribution in [3.05, 3.63) is 29.8 Å². The second kappa shape index (κ2) is 5.90. The van der Waals surface area contributed by atoms with E-state index in [0.717, 1.165) is 5.56 Å². The lowest BCUT2D eigenvalue weighted by atomic mass is 10.1. The number of hydrogen-bond donors (Lipinski definition) is 1. The number of para-hydroxylation sites is 1. The van der Waals surface area contributed by atoms with Crippen molar-refractivity contribution in [1.29, 1.82) is 0 Å². The molecule has 0 aliphatic heterocycles. The van der Waals surface area contributed by atoms with Crippen LogP contribution in [-0.2, 0) is 16.0 Å². The molecular formula is C12H14O4. The molecule has 16 heavy (non-hydrogen) atoms. The van der Waals surface area contributed by atoms with Crippen LogP contribution in [-0.4, -0.2) is 17.0 Å². The van der Waals surface area contributed by atoms with Crippen LogP contribution in [0.2, 0.25) is 0 Å². The van der Waals surface area contributed by atoms with Gasteiger partial charge in [0.25, 0.3) is 0 Å². The number of aliphatic carboxylic acids is 1. The monoisotopic (exact) mass is 222 g/mol. The molecule has 0 fully saturated rings. The SMILES string of the molecule is CC(=O)Oc1ccccc1CCCC(=O)O. The molecule has 1 aromatic rings. The average Bonchev–Trinajstić information content (AvgIpc) is 2.19. The second-order valence-electron chi connectivity index (χ2n) is 3.45. The van der Waals surface area contributed by atoms with Gasteiger partial charge in [0.2, 0.25) is 0 Å². The topological polar surface area (TPSA) is 63.6 Å². The van der Waals surface area contributed by atoms with Gasteiger partial charge in [-0.1, -0.05) is 18.2 Å². The summed E-state index contributed by atoms with van der Waals surface area (Å²) in [6.45, 7) is 1.34. The van der Waals surface area contributed by atoms with E-state index >= 15 is 0 Å². The third-order valence-corrected chi connectivity index (χ3v) is 2.06. The third-order valence-electron chi connectivity index (χ3n) is 2.06. The van der Waals surface area contributed by atoms with Crippen molar-refractivity contribution >= 4 is 11.9 Å². The van der Waals surface area contributed by atoms with Crippen LogP contribution in [0.25, 0.3) is 0 Å². The smallest absolute Gasteiger partial charge is 0.308 e. The zero-order chi connectivity index (χ0) is 12.0. The molecule has 0 saturated heterocycles. The van der Waals surface area contributed by atoms with E-state index in [9.17, 15) is 9.59 Å². The summed E-state index contributed by atoms with van der Waals surface area (Å²) >= 11 is 0. The number of carbonyl (C=O) groups is 2. The summed E-state index contributed by atoms with van der Waals surface area (Å²) in [4.78, 5) is 21.2. The van der Waals surface area contributed by atoms with Crippen LogP contribution in [0, 0.1) is 0 Å². The highest BCUT2D eigenvalue weighted by Crippen LogP contribution is 2.20. The van der Waals surface area contributed by atoms with Crippen LogP contribution in [0.4, 0.5) is 0 Å². The van der Waals surface area contributed by atoms with Gasteiger partial charge in [-0.25, -0.2) is 0 Å². The van der Waals surface area contributed by atoms with Crippen LogP contribution in [0.3, 0.4) is 0 Å². The van der Waals surface area contributed by atoms with E-state index in [1.807, 2.05) is 12.1 Å². The van der Waals surface area contributed by atoms with Gasteiger partial charge in [0.15, 0.2) is 0 Å². The maximum Gasteiger partial charge on any atom is 0.308 e. The van der Waals surface area contributed by atoms with Gasteiger partial charge in [0.05, 0.1) is 0 Å². The molecule has 0 aliphatic rings. The first-order valence-electron chi connectivity index (χ1n) is 5.07. The summed E-state index contributed by atoms with van der Waals surface area (Å²) in [7, 11) is 0. The zero-order valence-electron chi connectivity index (χ0n) is 9.10. The lowest BCUT2D eigenvalue weighted by molar-refractivity contribution is -0.137. The van der Waals surface area contributed by atoms with Crippen molar-refractivity contribution in [2.45, 2.75) is 26.2 Å². The highest BCUT2D eigenvalue weighted by Gasteiger charge is 2.06. The molecule has 1 N–H and O–H groups in total. The zero-order valence-corrected chi connectivity index (χ0v) is 9.10. The molecule has 1 aromatic carbocycles. The molecule has 0 atom stereocenters. The van der Waals surface area contributed by atoms with Crippen molar-refractivity contribution in [3.8, 4) is 5.75 Å². The highest BCUT2D eigenvalue weighted by molar-refractivity contribution is 5.69. The molecule has 4 nitrogen and oxygen atoms in total. The van der Waals surface area contributed by atoms with Gasteiger partial charge < -0.3 is 9.84 Å². The normalized spacial score (nSPS) is 9.81. The summed E-state index contributed by atoms with van der Waals surface area (Å²) in [6, 6.07) is 7.15. The number of esters is 1. The van der Waals surface area contributed by atoms with E-state index < -0.39 is 5.97 Å². The maximum absolute atomic E-state index is 10.8. The lowest BCUT2D eigenvalue weighted by Crippen LogP contribution is -2.04. The van der Waals surface area contributed by atoms with E-state index in [1.165, 1.54) is 6.92 Å². The van der Waals surface area contributed by atoms with Crippen LogP contribution >= 0.6 is 0 Å². The predicted molar refractivity (Wildman–Crippen MR) is 58.3 cm³/mol. The first-order valence-corrected chi connectivity index (χ1v) is 5.07. The highest BCUT2D eigenvalue weighted by atomic mass is 16.5. The quantitative estimate of drug-likeness (QED) is 0.611. The van der Waals surface area contributed by atoms with Gasteiger partial charge in [-0.2, -0.15) is 0 Å². The van der Waals surface area contributed by atoms with Crippen molar-refractivity contribution in [2.24, 2.45) is 0 Å². The molecule has 0 spiro atoms. The molecule has 4 heteroatoms. The molecular weight excluding hydrogens is 208 g/mol. The number of carboxylic acids is 1. The average molecular weight is 222 g/mol. The summed E-state index contributed by atoms with van der Waals surface area (Å²) in [5.41, 5.74) is 0.860. The van der Waals surface area contributed by atoms with Crippen molar-refractivity contribution in [3.63, 3.8) is 0 Å². The molecule has 0 saturated carbocycles. The molecule has 86 valence electrons. The Bertz CT molecular complexity index is 384. The first kappa shape index (κ1) is 12.2. The van der Waals surface area contributed by atoms with Gasteiger partial charge in [-0.05, 0) is 24.5 Å². The van der Waals surface area contributed by atoms with E-state index in [1.54, 1.807) is 12.1 Å². The maximum atomic E-state index is 10.8. The molecule has 0 bridgehead atoms. The second-order valence-corrected chi connectivity index (χ2v) is 3.45. The largest absolute Gasteiger partial charge is 0.481 e. The Labute approximate surface area is 93.9 Å². The van der Waals surface area contributed by atoms with Gasteiger partial charge in [0.1, 0.15) is 5.75 Å². The van der Waals surface area contributed by atoms with Gasteiger partial charge in [-0.15, -0.1) is 0 Å². The van der Waals surface area contributed by atoms with E-state index in [-0.39, 0.29) is 12.4 Å². The summed E-state index contributed by atoms with van der Waals surface area (Å²) in [6.07, 6.45) is 1.25. The van der Waals surface area contributed by atoms with E-state index in [4.69, 9.17) is 9.84 Å². The van der Waals surface area contributed by atoms with Gasteiger partial charge in [-0.3, -0.25) is 9.59 Å². The Morgan fingerprint density at radius 3 is 2.62 bits per heavy atom. The molecule has 0 heterocycles.